The molecule has 0 aliphatic carbocycles. The van der Waals surface area contributed by atoms with Gasteiger partial charge >= 0.3 is 0 Å². The van der Waals surface area contributed by atoms with E-state index in [1.54, 1.807) is 10.7 Å². The Kier molecular flexibility index (Phi) is 3.40. The summed E-state index contributed by atoms with van der Waals surface area (Å²) in [6, 6.07) is 0. The molecule has 96 valence electrons. The third kappa shape index (κ3) is 2.19. The SMILES string of the molecule is BrCCC1CCCN(c2cncc3nnnn23)C1. The number of nitrogens with zero attached hydrogens (tertiary/aromatic N) is 6. The highest BCUT2D eigenvalue weighted by Gasteiger charge is 2.21. The van der Waals surface area contributed by atoms with Gasteiger partial charge in [-0.1, -0.05) is 15.9 Å². The molecule has 0 spiro atoms. The molecule has 1 saturated heterocycles. The van der Waals surface area contributed by atoms with Crippen LogP contribution in [-0.2, 0) is 0 Å². The minimum atomic E-state index is 0.704. The maximum atomic E-state index is 4.22. The third-order valence-electron chi connectivity index (χ3n) is 3.45. The van der Waals surface area contributed by atoms with Crippen molar-refractivity contribution in [3.05, 3.63) is 12.4 Å². The number of anilines is 1. The fourth-order valence-electron chi connectivity index (χ4n) is 2.54. The molecule has 3 heterocycles. The molecule has 1 fully saturated rings. The lowest BCUT2D eigenvalue weighted by atomic mass is 9.96. The molecule has 0 bridgehead atoms. The van der Waals surface area contributed by atoms with E-state index >= 15 is 0 Å². The lowest BCUT2D eigenvalue weighted by Gasteiger charge is -2.33. The molecule has 1 unspecified atom stereocenters. The zero-order chi connectivity index (χ0) is 12.4. The van der Waals surface area contributed by atoms with Crippen LogP contribution in [0, 0.1) is 5.92 Å². The van der Waals surface area contributed by atoms with Crippen LogP contribution in [0.4, 0.5) is 5.82 Å². The van der Waals surface area contributed by atoms with Crippen molar-refractivity contribution in [1.29, 1.82) is 0 Å². The summed E-state index contributed by atoms with van der Waals surface area (Å²) in [5, 5.41) is 12.7. The molecule has 18 heavy (non-hydrogen) atoms. The monoisotopic (exact) mass is 310 g/mol. The summed E-state index contributed by atoms with van der Waals surface area (Å²) < 4.78 is 1.77. The Balaban J connectivity index is 1.87. The van der Waals surface area contributed by atoms with Gasteiger partial charge in [-0.3, -0.25) is 4.98 Å². The smallest absolute Gasteiger partial charge is 0.199 e. The highest BCUT2D eigenvalue weighted by atomic mass is 79.9. The summed E-state index contributed by atoms with van der Waals surface area (Å²) >= 11 is 3.53. The number of halogens is 1. The minimum absolute atomic E-state index is 0.704. The molecule has 0 saturated carbocycles. The molecule has 0 N–H and O–H groups in total. The minimum Gasteiger partial charge on any atom is -0.355 e. The molecular formula is C11H15BrN6. The average molecular weight is 311 g/mol. The number of aromatic nitrogens is 5. The molecule has 0 aromatic carbocycles. The van der Waals surface area contributed by atoms with Crippen LogP contribution in [0.5, 0.6) is 0 Å². The number of hydrogen-bond acceptors (Lipinski definition) is 5. The van der Waals surface area contributed by atoms with Crippen molar-refractivity contribution < 1.29 is 0 Å². The van der Waals surface area contributed by atoms with Crippen LogP contribution in [-0.4, -0.2) is 43.4 Å². The number of piperidine rings is 1. The van der Waals surface area contributed by atoms with Gasteiger partial charge in [0.05, 0.1) is 12.4 Å². The fraction of sp³-hybridized carbons (Fsp3) is 0.636. The largest absolute Gasteiger partial charge is 0.355 e. The topological polar surface area (TPSA) is 59.2 Å². The predicted molar refractivity (Wildman–Crippen MR) is 71.9 cm³/mol. The van der Waals surface area contributed by atoms with Gasteiger partial charge in [0.1, 0.15) is 0 Å². The van der Waals surface area contributed by atoms with Gasteiger partial charge in [0, 0.05) is 18.4 Å². The highest BCUT2D eigenvalue weighted by molar-refractivity contribution is 9.09. The Bertz CT molecular complexity index is 525. The van der Waals surface area contributed by atoms with Crippen LogP contribution >= 0.6 is 15.9 Å². The van der Waals surface area contributed by atoms with Gasteiger partial charge in [0.2, 0.25) is 0 Å². The van der Waals surface area contributed by atoms with Gasteiger partial charge in [-0.25, -0.2) is 0 Å². The first-order chi connectivity index (χ1) is 8.88. The molecule has 0 radical (unpaired) electrons. The lowest BCUT2D eigenvalue weighted by molar-refractivity contribution is 0.404. The lowest BCUT2D eigenvalue weighted by Crippen LogP contribution is -2.36. The molecule has 6 nitrogen and oxygen atoms in total. The average Bonchev–Trinajstić information content (AvgIpc) is 2.87. The van der Waals surface area contributed by atoms with Crippen LogP contribution in [0.2, 0.25) is 0 Å². The molecule has 1 aliphatic rings. The zero-order valence-electron chi connectivity index (χ0n) is 10.0. The molecular weight excluding hydrogens is 296 g/mol. The van der Waals surface area contributed by atoms with E-state index in [0.29, 0.717) is 5.65 Å². The Morgan fingerprint density at radius 1 is 1.39 bits per heavy atom. The second-order valence-electron chi connectivity index (χ2n) is 4.65. The molecule has 2 aromatic rings. The number of hydrogen-bond donors (Lipinski definition) is 0. The van der Waals surface area contributed by atoms with E-state index < -0.39 is 0 Å². The molecule has 3 rings (SSSR count). The summed E-state index contributed by atoms with van der Waals surface area (Å²) in [6.07, 6.45) is 7.27. The van der Waals surface area contributed by atoms with Crippen molar-refractivity contribution in [3.8, 4) is 0 Å². The number of alkyl halides is 1. The summed E-state index contributed by atoms with van der Waals surface area (Å²) in [5.41, 5.74) is 0.704. The first kappa shape index (κ1) is 11.8. The van der Waals surface area contributed by atoms with Crippen molar-refractivity contribution >= 4 is 27.4 Å². The third-order valence-corrected chi connectivity index (χ3v) is 3.91. The van der Waals surface area contributed by atoms with Crippen molar-refractivity contribution in [1.82, 2.24) is 25.0 Å². The van der Waals surface area contributed by atoms with Crippen molar-refractivity contribution in [3.63, 3.8) is 0 Å². The van der Waals surface area contributed by atoms with Gasteiger partial charge in [-0.15, -0.1) is 5.10 Å². The van der Waals surface area contributed by atoms with E-state index in [1.165, 1.54) is 19.3 Å². The Morgan fingerprint density at radius 2 is 2.33 bits per heavy atom. The second-order valence-corrected chi connectivity index (χ2v) is 5.44. The van der Waals surface area contributed by atoms with E-state index in [4.69, 9.17) is 0 Å². The van der Waals surface area contributed by atoms with Gasteiger partial charge < -0.3 is 4.90 Å². The molecule has 7 heteroatoms. The molecule has 1 aliphatic heterocycles. The van der Waals surface area contributed by atoms with E-state index in [0.717, 1.165) is 30.2 Å². The fourth-order valence-corrected chi connectivity index (χ4v) is 3.19. The Morgan fingerprint density at radius 3 is 3.22 bits per heavy atom. The van der Waals surface area contributed by atoms with E-state index in [9.17, 15) is 0 Å². The van der Waals surface area contributed by atoms with E-state index in [2.05, 4.69) is 41.3 Å². The number of fused-ring (bicyclic) bond motifs is 1. The zero-order valence-corrected chi connectivity index (χ0v) is 11.6. The Hall–Kier alpha value is -1.24. The summed E-state index contributed by atoms with van der Waals surface area (Å²) in [6.45, 7) is 2.12. The molecule has 1 atom stereocenters. The highest BCUT2D eigenvalue weighted by Crippen LogP contribution is 2.24. The normalized spacial score (nSPS) is 20.5. The van der Waals surface area contributed by atoms with Gasteiger partial charge in [-0.2, -0.15) is 4.52 Å². The van der Waals surface area contributed by atoms with Crippen LogP contribution in [0.25, 0.3) is 5.65 Å². The van der Waals surface area contributed by atoms with Crippen molar-refractivity contribution in [2.75, 3.05) is 23.3 Å². The van der Waals surface area contributed by atoms with E-state index in [-0.39, 0.29) is 0 Å². The van der Waals surface area contributed by atoms with Crippen LogP contribution < -0.4 is 4.90 Å². The quantitative estimate of drug-likeness (QED) is 0.805. The predicted octanol–water partition coefficient (Wildman–Crippen LogP) is 1.52. The summed E-state index contributed by atoms with van der Waals surface area (Å²) in [4.78, 5) is 6.56. The van der Waals surface area contributed by atoms with Gasteiger partial charge in [0.15, 0.2) is 11.5 Å². The second kappa shape index (κ2) is 5.17. The van der Waals surface area contributed by atoms with Gasteiger partial charge in [-0.05, 0) is 35.6 Å². The maximum absolute atomic E-state index is 4.22. The standard InChI is InChI=1S/C11H15BrN6/c12-4-3-9-2-1-5-17(8-9)11-7-13-6-10-14-15-16-18(10)11/h6-7,9H,1-5,8H2. The first-order valence-corrected chi connectivity index (χ1v) is 7.33. The summed E-state index contributed by atoms with van der Waals surface area (Å²) in [7, 11) is 0. The van der Waals surface area contributed by atoms with Gasteiger partial charge in [0.25, 0.3) is 0 Å². The maximum Gasteiger partial charge on any atom is 0.199 e. The van der Waals surface area contributed by atoms with Crippen LogP contribution in [0.3, 0.4) is 0 Å². The molecule has 0 amide bonds. The van der Waals surface area contributed by atoms with Crippen molar-refractivity contribution in [2.24, 2.45) is 5.92 Å². The molecule has 2 aromatic heterocycles. The first-order valence-electron chi connectivity index (χ1n) is 6.21. The van der Waals surface area contributed by atoms with Crippen LogP contribution in [0.15, 0.2) is 12.4 Å². The van der Waals surface area contributed by atoms with Crippen LogP contribution in [0.1, 0.15) is 19.3 Å². The summed E-state index contributed by atoms with van der Waals surface area (Å²) in [5.74, 6) is 1.74. The Labute approximate surface area is 114 Å². The van der Waals surface area contributed by atoms with Crippen molar-refractivity contribution in [2.45, 2.75) is 19.3 Å². The number of tetrazole rings is 1. The van der Waals surface area contributed by atoms with E-state index in [1.807, 2.05) is 6.20 Å². The number of rotatable bonds is 3.